The summed E-state index contributed by atoms with van der Waals surface area (Å²) in [6.07, 6.45) is 3.96. The molecule has 1 fully saturated rings. The molecule has 0 spiro atoms. The number of aromatic amines is 1. The van der Waals surface area contributed by atoms with Crippen LogP contribution in [0.4, 0.5) is 0 Å². The molecule has 0 bridgehead atoms. The van der Waals surface area contributed by atoms with Crippen LogP contribution in [0, 0.1) is 11.8 Å². The zero-order valence-electron chi connectivity index (χ0n) is 17.9. The van der Waals surface area contributed by atoms with Gasteiger partial charge < -0.3 is 19.6 Å². The van der Waals surface area contributed by atoms with Gasteiger partial charge in [-0.1, -0.05) is 18.5 Å². The van der Waals surface area contributed by atoms with Crippen molar-refractivity contribution in [1.29, 1.82) is 0 Å². The smallest absolute Gasteiger partial charge is 0.270 e. The molecule has 3 aromatic rings. The SMILES string of the molecule is C[C@H](Cc1ccco1)NC(=O)[C@H](C)C1CCN(C(=O)c2cc3cc(Cl)ccc3[nH]2)CC1. The van der Waals surface area contributed by atoms with Crippen LogP contribution in [0.2, 0.25) is 5.02 Å². The van der Waals surface area contributed by atoms with Crippen LogP contribution in [0.25, 0.3) is 10.9 Å². The Kier molecular flexibility index (Phi) is 6.37. The largest absolute Gasteiger partial charge is 0.469 e. The molecule has 2 N–H and O–H groups in total. The van der Waals surface area contributed by atoms with E-state index >= 15 is 0 Å². The molecule has 1 saturated heterocycles. The number of rotatable bonds is 6. The first-order chi connectivity index (χ1) is 14.9. The number of hydrogen-bond donors (Lipinski definition) is 2. The van der Waals surface area contributed by atoms with Crippen molar-refractivity contribution in [1.82, 2.24) is 15.2 Å². The molecule has 2 atom stereocenters. The molecular formula is C24H28ClN3O3. The number of likely N-dealkylation sites (tertiary alicyclic amines) is 1. The third-order valence-corrected chi connectivity index (χ3v) is 6.47. The molecular weight excluding hydrogens is 414 g/mol. The fourth-order valence-electron chi connectivity index (χ4n) is 4.36. The summed E-state index contributed by atoms with van der Waals surface area (Å²) in [5.74, 6) is 1.10. The van der Waals surface area contributed by atoms with Gasteiger partial charge in [-0.2, -0.15) is 0 Å². The third-order valence-electron chi connectivity index (χ3n) is 6.24. The first kappa shape index (κ1) is 21.5. The predicted octanol–water partition coefficient (Wildman–Crippen LogP) is 4.65. The minimum atomic E-state index is -0.0912. The number of amides is 2. The molecule has 2 aromatic heterocycles. The lowest BCUT2D eigenvalue weighted by molar-refractivity contribution is -0.127. The summed E-state index contributed by atoms with van der Waals surface area (Å²) >= 11 is 6.05. The summed E-state index contributed by atoms with van der Waals surface area (Å²) in [5.41, 5.74) is 1.48. The summed E-state index contributed by atoms with van der Waals surface area (Å²) in [5, 5.41) is 4.68. The highest BCUT2D eigenvalue weighted by molar-refractivity contribution is 6.31. The van der Waals surface area contributed by atoms with Crippen molar-refractivity contribution in [3.8, 4) is 0 Å². The molecule has 31 heavy (non-hydrogen) atoms. The van der Waals surface area contributed by atoms with Gasteiger partial charge in [0.25, 0.3) is 5.91 Å². The second-order valence-corrected chi connectivity index (χ2v) is 8.96. The first-order valence-electron chi connectivity index (χ1n) is 10.8. The molecule has 1 aliphatic rings. The van der Waals surface area contributed by atoms with Crippen LogP contribution in [-0.4, -0.2) is 40.8 Å². The molecule has 0 unspecified atom stereocenters. The Morgan fingerprint density at radius 2 is 2.00 bits per heavy atom. The number of piperidine rings is 1. The van der Waals surface area contributed by atoms with E-state index in [1.165, 1.54) is 0 Å². The molecule has 2 amide bonds. The quantitative estimate of drug-likeness (QED) is 0.584. The Labute approximate surface area is 186 Å². The maximum atomic E-state index is 12.9. The van der Waals surface area contributed by atoms with Gasteiger partial charge in [-0.25, -0.2) is 0 Å². The normalized spacial score (nSPS) is 16.9. The average Bonchev–Trinajstić information content (AvgIpc) is 3.42. The van der Waals surface area contributed by atoms with Gasteiger partial charge in [0, 0.05) is 47.4 Å². The summed E-state index contributed by atoms with van der Waals surface area (Å²) < 4.78 is 5.36. The van der Waals surface area contributed by atoms with E-state index in [9.17, 15) is 9.59 Å². The number of benzene rings is 1. The third kappa shape index (κ3) is 4.96. The van der Waals surface area contributed by atoms with Crippen molar-refractivity contribution in [3.05, 3.63) is 59.1 Å². The van der Waals surface area contributed by atoms with E-state index in [2.05, 4.69) is 10.3 Å². The maximum absolute atomic E-state index is 12.9. The number of carbonyl (C=O) groups is 2. The number of nitrogens with zero attached hydrogens (tertiary/aromatic N) is 1. The van der Waals surface area contributed by atoms with Gasteiger partial charge in [-0.05, 0) is 62.1 Å². The van der Waals surface area contributed by atoms with Gasteiger partial charge in [0.2, 0.25) is 5.91 Å². The van der Waals surface area contributed by atoms with E-state index in [1.54, 1.807) is 6.26 Å². The van der Waals surface area contributed by atoms with Crippen LogP contribution in [0.15, 0.2) is 47.1 Å². The highest BCUT2D eigenvalue weighted by Gasteiger charge is 2.31. The van der Waals surface area contributed by atoms with Crippen molar-refractivity contribution in [2.45, 2.75) is 39.2 Å². The van der Waals surface area contributed by atoms with Gasteiger partial charge in [-0.3, -0.25) is 9.59 Å². The predicted molar refractivity (Wildman–Crippen MR) is 121 cm³/mol. The zero-order valence-corrected chi connectivity index (χ0v) is 18.6. The van der Waals surface area contributed by atoms with Gasteiger partial charge >= 0.3 is 0 Å². The van der Waals surface area contributed by atoms with Crippen molar-refractivity contribution < 1.29 is 14.0 Å². The van der Waals surface area contributed by atoms with Crippen molar-refractivity contribution in [3.63, 3.8) is 0 Å². The van der Waals surface area contributed by atoms with Gasteiger partial charge in [0.1, 0.15) is 11.5 Å². The second-order valence-electron chi connectivity index (χ2n) is 8.53. The Balaban J connectivity index is 1.29. The molecule has 0 aliphatic carbocycles. The van der Waals surface area contributed by atoms with Gasteiger partial charge in [0.15, 0.2) is 0 Å². The van der Waals surface area contributed by atoms with E-state index in [0.29, 0.717) is 30.2 Å². The van der Waals surface area contributed by atoms with Crippen LogP contribution in [-0.2, 0) is 11.2 Å². The molecule has 6 nitrogen and oxygen atoms in total. The van der Waals surface area contributed by atoms with Crippen LogP contribution in [0.3, 0.4) is 0 Å². The van der Waals surface area contributed by atoms with Crippen molar-refractivity contribution >= 4 is 34.3 Å². The molecule has 164 valence electrons. The van der Waals surface area contributed by atoms with E-state index in [0.717, 1.165) is 29.5 Å². The van der Waals surface area contributed by atoms with Crippen molar-refractivity contribution in [2.24, 2.45) is 11.8 Å². The van der Waals surface area contributed by atoms with E-state index in [-0.39, 0.29) is 29.7 Å². The molecule has 1 aliphatic heterocycles. The highest BCUT2D eigenvalue weighted by Crippen LogP contribution is 2.27. The number of fused-ring (bicyclic) bond motifs is 1. The van der Waals surface area contributed by atoms with Gasteiger partial charge in [0.05, 0.1) is 6.26 Å². The minimum Gasteiger partial charge on any atom is -0.469 e. The lowest BCUT2D eigenvalue weighted by atomic mass is 9.84. The summed E-state index contributed by atoms with van der Waals surface area (Å²) in [6.45, 7) is 5.28. The summed E-state index contributed by atoms with van der Waals surface area (Å²) in [4.78, 5) is 30.7. The van der Waals surface area contributed by atoms with Crippen LogP contribution < -0.4 is 5.32 Å². The number of halogens is 1. The minimum absolute atomic E-state index is 0.00468. The van der Waals surface area contributed by atoms with E-state index < -0.39 is 0 Å². The standard InChI is InChI=1S/C24H28ClN3O3/c1-15(12-20-4-3-11-31-20)26-23(29)16(2)17-7-9-28(10-8-17)24(30)22-14-18-13-19(25)5-6-21(18)27-22/h3-6,11,13-17,27H,7-10,12H2,1-2H3,(H,26,29)/t15-,16-/m1/s1. The lowest BCUT2D eigenvalue weighted by Gasteiger charge is -2.34. The topological polar surface area (TPSA) is 78.3 Å². The Bertz CT molecular complexity index is 1050. The van der Waals surface area contributed by atoms with E-state index in [1.807, 2.05) is 55.1 Å². The van der Waals surface area contributed by atoms with Crippen LogP contribution in [0.1, 0.15) is 42.9 Å². The lowest BCUT2D eigenvalue weighted by Crippen LogP contribution is -2.44. The molecule has 3 heterocycles. The number of aromatic nitrogens is 1. The molecule has 7 heteroatoms. The molecule has 4 rings (SSSR count). The highest BCUT2D eigenvalue weighted by atomic mass is 35.5. The molecule has 1 aromatic carbocycles. The number of H-pyrrole nitrogens is 1. The number of furan rings is 1. The van der Waals surface area contributed by atoms with Gasteiger partial charge in [-0.15, -0.1) is 0 Å². The molecule has 0 saturated carbocycles. The Morgan fingerprint density at radius 3 is 2.71 bits per heavy atom. The maximum Gasteiger partial charge on any atom is 0.270 e. The van der Waals surface area contributed by atoms with Crippen LogP contribution >= 0.6 is 11.6 Å². The fourth-order valence-corrected chi connectivity index (χ4v) is 4.54. The average molecular weight is 442 g/mol. The Morgan fingerprint density at radius 1 is 1.23 bits per heavy atom. The zero-order chi connectivity index (χ0) is 22.0. The fraction of sp³-hybridized carbons (Fsp3) is 0.417. The number of carbonyl (C=O) groups excluding carboxylic acids is 2. The van der Waals surface area contributed by atoms with Crippen LogP contribution in [0.5, 0.6) is 0 Å². The molecule has 0 radical (unpaired) electrons. The Hall–Kier alpha value is -2.73. The first-order valence-corrected chi connectivity index (χ1v) is 11.2. The monoisotopic (exact) mass is 441 g/mol. The number of nitrogens with one attached hydrogen (secondary N) is 2. The number of hydrogen-bond acceptors (Lipinski definition) is 3. The summed E-state index contributed by atoms with van der Waals surface area (Å²) in [7, 11) is 0. The van der Waals surface area contributed by atoms with E-state index in [4.69, 9.17) is 16.0 Å². The summed E-state index contributed by atoms with van der Waals surface area (Å²) in [6, 6.07) is 11.2. The van der Waals surface area contributed by atoms with Crippen molar-refractivity contribution in [2.75, 3.05) is 13.1 Å². The second kappa shape index (κ2) is 9.18.